The summed E-state index contributed by atoms with van der Waals surface area (Å²) in [5.74, 6) is 1.73. The quantitative estimate of drug-likeness (QED) is 0.247. The first-order chi connectivity index (χ1) is 17.4. The molecule has 0 unspecified atom stereocenters. The molecule has 0 aliphatic rings. The molecule has 2 heterocycles. The molecule has 0 saturated carbocycles. The monoisotopic (exact) mass is 496 g/mol. The van der Waals surface area contributed by atoms with Crippen molar-refractivity contribution < 1.29 is 13.9 Å². The van der Waals surface area contributed by atoms with E-state index in [-0.39, 0.29) is 18.3 Å². The molecule has 6 heteroatoms. The molecule has 2 aromatic heterocycles. The summed E-state index contributed by atoms with van der Waals surface area (Å²) in [7, 11) is 0. The highest BCUT2D eigenvalue weighted by molar-refractivity contribution is 7.21. The molecule has 1 amide bonds. The Morgan fingerprint density at radius 1 is 0.972 bits per heavy atom. The van der Waals surface area contributed by atoms with Gasteiger partial charge in [0.05, 0.1) is 10.2 Å². The van der Waals surface area contributed by atoms with Crippen LogP contribution >= 0.6 is 11.3 Å². The summed E-state index contributed by atoms with van der Waals surface area (Å²) in [6, 6.07) is 23.6. The number of hydrogen-bond acceptors (Lipinski definition) is 5. The predicted molar refractivity (Wildman–Crippen MR) is 146 cm³/mol. The SMILES string of the molecule is Cc1ccc(C(C)C)c(OCc2ccc(C(=O)Nc3ccc(-c4nc5ccc(C)cc5s4)cc3)o2)c1. The van der Waals surface area contributed by atoms with E-state index in [1.165, 1.54) is 10.3 Å². The average molecular weight is 497 g/mol. The lowest BCUT2D eigenvalue weighted by molar-refractivity contribution is 0.0992. The summed E-state index contributed by atoms with van der Waals surface area (Å²) in [5, 5.41) is 3.86. The van der Waals surface area contributed by atoms with Crippen molar-refractivity contribution in [3.63, 3.8) is 0 Å². The minimum absolute atomic E-state index is 0.243. The summed E-state index contributed by atoms with van der Waals surface area (Å²) < 4.78 is 13.0. The van der Waals surface area contributed by atoms with Gasteiger partial charge in [-0.25, -0.2) is 4.98 Å². The zero-order valence-corrected chi connectivity index (χ0v) is 21.6. The van der Waals surface area contributed by atoms with Crippen LogP contribution in [-0.2, 0) is 6.61 Å². The number of thiazole rings is 1. The second-order valence-corrected chi connectivity index (χ2v) is 10.3. The number of anilines is 1. The van der Waals surface area contributed by atoms with Crippen LogP contribution < -0.4 is 10.1 Å². The first-order valence-corrected chi connectivity index (χ1v) is 12.8. The Morgan fingerprint density at radius 3 is 2.50 bits per heavy atom. The number of carbonyl (C=O) groups is 1. The molecule has 5 rings (SSSR count). The fraction of sp³-hybridized carbons (Fsp3) is 0.200. The van der Waals surface area contributed by atoms with Crippen molar-refractivity contribution in [2.45, 2.75) is 40.2 Å². The molecule has 0 bridgehead atoms. The van der Waals surface area contributed by atoms with Gasteiger partial charge in [0.15, 0.2) is 5.76 Å². The predicted octanol–water partition coefficient (Wildman–Crippen LogP) is 8.13. The van der Waals surface area contributed by atoms with Crippen molar-refractivity contribution in [3.05, 3.63) is 101 Å². The molecule has 1 N–H and O–H groups in total. The number of ether oxygens (including phenoxy) is 1. The number of amides is 1. The molecule has 0 atom stereocenters. The Kier molecular flexibility index (Phi) is 6.61. The van der Waals surface area contributed by atoms with Gasteiger partial charge in [-0.15, -0.1) is 11.3 Å². The minimum Gasteiger partial charge on any atom is -0.485 e. The summed E-state index contributed by atoms with van der Waals surface area (Å²) in [6.07, 6.45) is 0. The van der Waals surface area contributed by atoms with Crippen molar-refractivity contribution >= 4 is 33.1 Å². The van der Waals surface area contributed by atoms with E-state index >= 15 is 0 Å². The second-order valence-electron chi connectivity index (χ2n) is 9.27. The van der Waals surface area contributed by atoms with Crippen LogP contribution in [0, 0.1) is 13.8 Å². The van der Waals surface area contributed by atoms with Gasteiger partial charge in [0, 0.05) is 11.3 Å². The van der Waals surface area contributed by atoms with E-state index in [0.29, 0.717) is 17.4 Å². The molecular weight excluding hydrogens is 468 g/mol. The summed E-state index contributed by atoms with van der Waals surface area (Å²) >= 11 is 1.66. The van der Waals surface area contributed by atoms with Gasteiger partial charge in [-0.05, 0) is 91.1 Å². The highest BCUT2D eigenvalue weighted by atomic mass is 32.1. The zero-order chi connectivity index (χ0) is 25.2. The van der Waals surface area contributed by atoms with Crippen LogP contribution in [0.2, 0.25) is 0 Å². The van der Waals surface area contributed by atoms with E-state index in [4.69, 9.17) is 14.1 Å². The number of fused-ring (bicyclic) bond motifs is 1. The lowest BCUT2D eigenvalue weighted by atomic mass is 10.0. The maximum absolute atomic E-state index is 12.7. The van der Waals surface area contributed by atoms with Gasteiger partial charge in [-0.2, -0.15) is 0 Å². The highest BCUT2D eigenvalue weighted by Crippen LogP contribution is 2.32. The standard InChI is InChI=1S/C30H28N2O3S/c1-18(2)24-12-5-19(3)15-27(24)34-17-23-11-14-26(35-23)29(33)31-22-9-7-21(8-10-22)30-32-25-13-6-20(4)16-28(25)36-30/h5-16,18H,17H2,1-4H3,(H,31,33). The van der Waals surface area contributed by atoms with E-state index in [9.17, 15) is 4.79 Å². The van der Waals surface area contributed by atoms with Crippen molar-refractivity contribution in [1.29, 1.82) is 0 Å². The Balaban J connectivity index is 1.23. The van der Waals surface area contributed by atoms with Crippen LogP contribution in [0.3, 0.4) is 0 Å². The molecule has 3 aromatic carbocycles. The van der Waals surface area contributed by atoms with Crippen molar-refractivity contribution in [2.24, 2.45) is 0 Å². The van der Waals surface area contributed by atoms with E-state index in [2.05, 4.69) is 50.4 Å². The van der Waals surface area contributed by atoms with Crippen LogP contribution in [0.4, 0.5) is 5.69 Å². The maximum Gasteiger partial charge on any atom is 0.291 e. The normalized spacial score (nSPS) is 11.2. The summed E-state index contributed by atoms with van der Waals surface area (Å²) in [4.78, 5) is 17.5. The molecule has 0 aliphatic carbocycles. The Bertz CT molecular complexity index is 1530. The molecule has 5 nitrogen and oxygen atoms in total. The number of nitrogens with zero attached hydrogens (tertiary/aromatic N) is 1. The molecule has 5 aromatic rings. The number of aromatic nitrogens is 1. The second kappa shape index (κ2) is 9.99. The topological polar surface area (TPSA) is 64.4 Å². The maximum atomic E-state index is 12.7. The largest absolute Gasteiger partial charge is 0.485 e. The third-order valence-electron chi connectivity index (χ3n) is 5.98. The molecule has 36 heavy (non-hydrogen) atoms. The average Bonchev–Trinajstić information content (AvgIpc) is 3.50. The molecule has 182 valence electrons. The minimum atomic E-state index is -0.303. The fourth-order valence-corrected chi connectivity index (χ4v) is 5.08. The summed E-state index contributed by atoms with van der Waals surface area (Å²) in [5.41, 5.74) is 6.21. The van der Waals surface area contributed by atoms with Gasteiger partial charge in [-0.1, -0.05) is 32.0 Å². The third-order valence-corrected chi connectivity index (χ3v) is 7.05. The number of aryl methyl sites for hydroxylation is 2. The van der Waals surface area contributed by atoms with Gasteiger partial charge in [0.1, 0.15) is 23.1 Å². The van der Waals surface area contributed by atoms with Crippen molar-refractivity contribution in [2.75, 3.05) is 5.32 Å². The van der Waals surface area contributed by atoms with Gasteiger partial charge in [-0.3, -0.25) is 4.79 Å². The van der Waals surface area contributed by atoms with Gasteiger partial charge in [0.25, 0.3) is 5.91 Å². The molecule has 0 aliphatic heterocycles. The number of hydrogen-bond donors (Lipinski definition) is 1. The number of carbonyl (C=O) groups excluding carboxylic acids is 1. The van der Waals surface area contributed by atoms with Crippen molar-refractivity contribution in [1.82, 2.24) is 4.98 Å². The first-order valence-electron chi connectivity index (χ1n) is 12.0. The third kappa shape index (κ3) is 5.19. The van der Waals surface area contributed by atoms with Crippen LogP contribution in [0.1, 0.15) is 52.8 Å². The Labute approximate surface area is 214 Å². The van der Waals surface area contributed by atoms with E-state index < -0.39 is 0 Å². The number of furan rings is 1. The van der Waals surface area contributed by atoms with Crippen molar-refractivity contribution in [3.8, 4) is 16.3 Å². The van der Waals surface area contributed by atoms with Crippen LogP contribution in [0.5, 0.6) is 5.75 Å². The van der Waals surface area contributed by atoms with E-state index in [0.717, 1.165) is 33.0 Å². The van der Waals surface area contributed by atoms with Gasteiger partial charge < -0.3 is 14.5 Å². The number of benzene rings is 3. The molecule has 0 radical (unpaired) electrons. The van der Waals surface area contributed by atoms with E-state index in [1.807, 2.05) is 43.3 Å². The fourth-order valence-electron chi connectivity index (χ4n) is 4.01. The lowest BCUT2D eigenvalue weighted by Gasteiger charge is -2.14. The zero-order valence-electron chi connectivity index (χ0n) is 20.8. The highest BCUT2D eigenvalue weighted by Gasteiger charge is 2.14. The van der Waals surface area contributed by atoms with Gasteiger partial charge >= 0.3 is 0 Å². The molecule has 0 fully saturated rings. The van der Waals surface area contributed by atoms with Crippen LogP contribution in [0.25, 0.3) is 20.8 Å². The van der Waals surface area contributed by atoms with Gasteiger partial charge in [0.2, 0.25) is 0 Å². The summed E-state index contributed by atoms with van der Waals surface area (Å²) in [6.45, 7) is 8.65. The molecule has 0 spiro atoms. The Hall–Kier alpha value is -3.90. The molecular formula is C30H28N2O3S. The van der Waals surface area contributed by atoms with Crippen LogP contribution in [-0.4, -0.2) is 10.9 Å². The number of rotatable bonds is 7. The molecule has 0 saturated heterocycles. The number of nitrogens with one attached hydrogen (secondary N) is 1. The lowest BCUT2D eigenvalue weighted by Crippen LogP contribution is -2.10. The first kappa shape index (κ1) is 23.8. The Morgan fingerprint density at radius 2 is 1.72 bits per heavy atom. The van der Waals surface area contributed by atoms with Crippen LogP contribution in [0.15, 0.2) is 77.2 Å². The smallest absolute Gasteiger partial charge is 0.291 e. The van der Waals surface area contributed by atoms with E-state index in [1.54, 1.807) is 23.5 Å².